The van der Waals surface area contributed by atoms with Gasteiger partial charge < -0.3 is 4.89 Å². The second-order valence-electron chi connectivity index (χ2n) is 1.11. The molecule has 0 aliphatic carbocycles. The molecule has 6 heteroatoms. The molecule has 1 N–H and O–H groups in total. The molecule has 0 aliphatic rings. The highest BCUT2D eigenvalue weighted by molar-refractivity contribution is 7.56. The summed E-state index contributed by atoms with van der Waals surface area (Å²) >= 11 is 10.0. The van der Waals surface area contributed by atoms with Crippen molar-refractivity contribution in [3.63, 3.8) is 0 Å². The van der Waals surface area contributed by atoms with Gasteiger partial charge in [-0.2, -0.15) is 0 Å². The summed E-state index contributed by atoms with van der Waals surface area (Å²) in [6.45, 7) is 3.03. The Bertz CT molecular complexity index is 146. The summed E-state index contributed by atoms with van der Waals surface area (Å²) in [5.41, 5.74) is 0. The Labute approximate surface area is 62.8 Å². The fraction of sp³-hybridized carbons (Fsp3) is 0.333. The van der Waals surface area contributed by atoms with Gasteiger partial charge in [-0.15, -0.1) is 0 Å². The van der Waals surface area contributed by atoms with E-state index in [4.69, 9.17) is 28.1 Å². The zero-order valence-electron chi connectivity index (χ0n) is 4.33. The van der Waals surface area contributed by atoms with Crippen LogP contribution in [0.25, 0.3) is 0 Å². The average molecular weight is 191 g/mol. The minimum Gasteiger partial charge on any atom is -0.321 e. The van der Waals surface area contributed by atoms with E-state index in [0.717, 1.165) is 5.82 Å². The standard InChI is InChI=1S/C3H5Cl2O3P/c1-2-9(6,7)8-3(4)5/h2-3H,1H2,(H,6,7). The SMILES string of the molecule is C=CP(=O)(O)OC(Cl)Cl. The highest BCUT2D eigenvalue weighted by Gasteiger charge is 2.16. The van der Waals surface area contributed by atoms with Gasteiger partial charge in [-0.3, -0.25) is 9.09 Å². The molecule has 0 aromatic heterocycles. The molecule has 0 heterocycles. The van der Waals surface area contributed by atoms with E-state index in [1.54, 1.807) is 0 Å². The Morgan fingerprint density at radius 2 is 2.22 bits per heavy atom. The molecule has 1 unspecified atom stereocenters. The Morgan fingerprint density at radius 3 is 2.33 bits per heavy atom. The number of hydrogen-bond donors (Lipinski definition) is 1. The van der Waals surface area contributed by atoms with Crippen molar-refractivity contribution in [2.24, 2.45) is 0 Å². The molecule has 0 bridgehead atoms. The maximum Gasteiger partial charge on any atom is 0.353 e. The monoisotopic (exact) mass is 190 g/mol. The summed E-state index contributed by atoms with van der Waals surface area (Å²) < 4.78 is 14.6. The van der Waals surface area contributed by atoms with Gasteiger partial charge in [0.2, 0.25) is 5.02 Å². The highest BCUT2D eigenvalue weighted by atomic mass is 35.5. The first-order valence-electron chi connectivity index (χ1n) is 1.90. The zero-order chi connectivity index (χ0) is 7.49. The second-order valence-corrected chi connectivity index (χ2v) is 3.83. The molecule has 54 valence electrons. The summed E-state index contributed by atoms with van der Waals surface area (Å²) in [6, 6.07) is 0. The first kappa shape index (κ1) is 9.47. The van der Waals surface area contributed by atoms with Gasteiger partial charge in [0.1, 0.15) is 0 Å². The van der Waals surface area contributed by atoms with Crippen LogP contribution < -0.4 is 0 Å². The molecule has 9 heavy (non-hydrogen) atoms. The van der Waals surface area contributed by atoms with E-state index in [2.05, 4.69) is 11.1 Å². The maximum atomic E-state index is 10.4. The maximum absolute atomic E-state index is 10.4. The molecule has 0 radical (unpaired) electrons. The molecular weight excluding hydrogens is 186 g/mol. The Hall–Kier alpha value is 0.470. The van der Waals surface area contributed by atoms with E-state index < -0.39 is 12.6 Å². The quantitative estimate of drug-likeness (QED) is 0.548. The van der Waals surface area contributed by atoms with Crippen LogP contribution in [0.2, 0.25) is 0 Å². The molecule has 3 nitrogen and oxygen atoms in total. The molecule has 0 amide bonds. The van der Waals surface area contributed by atoms with E-state index in [9.17, 15) is 4.57 Å². The van der Waals surface area contributed by atoms with E-state index in [0.29, 0.717) is 0 Å². The molecule has 0 saturated heterocycles. The first-order valence-corrected chi connectivity index (χ1v) is 4.42. The predicted octanol–water partition coefficient (Wildman–Crippen LogP) is 2.09. The van der Waals surface area contributed by atoms with E-state index >= 15 is 0 Å². The summed E-state index contributed by atoms with van der Waals surface area (Å²) in [5, 5.41) is -1.29. The zero-order valence-corrected chi connectivity index (χ0v) is 6.73. The van der Waals surface area contributed by atoms with Crippen molar-refractivity contribution in [1.29, 1.82) is 0 Å². The molecule has 0 saturated carbocycles. The molecule has 0 rings (SSSR count). The van der Waals surface area contributed by atoms with Crippen LogP contribution in [0.4, 0.5) is 0 Å². The minimum atomic E-state index is -3.73. The van der Waals surface area contributed by atoms with Crippen LogP contribution in [0.3, 0.4) is 0 Å². The molecule has 0 aromatic carbocycles. The lowest BCUT2D eigenvalue weighted by Crippen LogP contribution is -1.90. The van der Waals surface area contributed by atoms with Gasteiger partial charge in [0, 0.05) is 5.82 Å². The molecular formula is C3H5Cl2O3P. The van der Waals surface area contributed by atoms with Gasteiger partial charge in [0.05, 0.1) is 0 Å². The Kier molecular flexibility index (Phi) is 3.78. The largest absolute Gasteiger partial charge is 0.353 e. The van der Waals surface area contributed by atoms with Crippen molar-refractivity contribution in [3.8, 4) is 0 Å². The molecule has 0 spiro atoms. The van der Waals surface area contributed by atoms with E-state index in [1.165, 1.54) is 0 Å². The van der Waals surface area contributed by atoms with Crippen LogP contribution >= 0.6 is 30.8 Å². The summed E-state index contributed by atoms with van der Waals surface area (Å²) in [4.78, 5) is 8.54. The van der Waals surface area contributed by atoms with E-state index in [-0.39, 0.29) is 0 Å². The van der Waals surface area contributed by atoms with Crippen molar-refractivity contribution in [2.45, 2.75) is 5.02 Å². The van der Waals surface area contributed by atoms with Crippen LogP contribution in [0.15, 0.2) is 12.4 Å². The van der Waals surface area contributed by atoms with Crippen LogP contribution in [-0.4, -0.2) is 9.92 Å². The van der Waals surface area contributed by atoms with Crippen molar-refractivity contribution in [1.82, 2.24) is 0 Å². The van der Waals surface area contributed by atoms with Crippen molar-refractivity contribution in [2.75, 3.05) is 0 Å². The summed E-state index contributed by atoms with van der Waals surface area (Å²) in [5.74, 6) is 0.755. The van der Waals surface area contributed by atoms with Gasteiger partial charge in [0.15, 0.2) is 0 Å². The summed E-state index contributed by atoms with van der Waals surface area (Å²) in [6.07, 6.45) is 0. The second kappa shape index (κ2) is 3.59. The number of alkyl halides is 2. The van der Waals surface area contributed by atoms with Crippen LogP contribution in [0.1, 0.15) is 0 Å². The van der Waals surface area contributed by atoms with Crippen LogP contribution in [-0.2, 0) is 9.09 Å². The molecule has 0 aromatic rings. The van der Waals surface area contributed by atoms with Gasteiger partial charge in [-0.05, 0) is 0 Å². The van der Waals surface area contributed by atoms with Crippen molar-refractivity contribution in [3.05, 3.63) is 12.4 Å². The fourth-order valence-electron chi connectivity index (χ4n) is 0.157. The number of halogens is 2. The molecule has 1 atom stereocenters. The third-order valence-corrected chi connectivity index (χ3v) is 1.86. The molecule has 0 fully saturated rings. The normalized spacial score (nSPS) is 17.3. The van der Waals surface area contributed by atoms with Crippen LogP contribution in [0, 0.1) is 0 Å². The minimum absolute atomic E-state index is 0.755. The van der Waals surface area contributed by atoms with Gasteiger partial charge in [0.25, 0.3) is 0 Å². The number of rotatable bonds is 3. The van der Waals surface area contributed by atoms with Crippen molar-refractivity contribution < 1.29 is 14.0 Å². The summed E-state index contributed by atoms with van der Waals surface area (Å²) in [7, 11) is -3.73. The Balaban J connectivity index is 3.88. The topological polar surface area (TPSA) is 46.5 Å². The molecule has 0 aliphatic heterocycles. The fourth-order valence-corrected chi connectivity index (χ4v) is 1.16. The van der Waals surface area contributed by atoms with E-state index in [1.807, 2.05) is 0 Å². The third kappa shape index (κ3) is 4.94. The highest BCUT2D eigenvalue weighted by Crippen LogP contribution is 2.45. The third-order valence-electron chi connectivity index (χ3n) is 0.461. The van der Waals surface area contributed by atoms with Gasteiger partial charge >= 0.3 is 7.60 Å². The van der Waals surface area contributed by atoms with Crippen LogP contribution in [0.5, 0.6) is 0 Å². The Morgan fingerprint density at radius 1 is 1.78 bits per heavy atom. The lowest BCUT2D eigenvalue weighted by atomic mass is 11.3. The first-order chi connectivity index (χ1) is 3.98. The smallest absolute Gasteiger partial charge is 0.321 e. The lowest BCUT2D eigenvalue weighted by molar-refractivity contribution is 0.291. The van der Waals surface area contributed by atoms with Gasteiger partial charge in [-0.25, -0.2) is 0 Å². The van der Waals surface area contributed by atoms with Crippen molar-refractivity contribution >= 4 is 30.8 Å². The average Bonchev–Trinajstić information content (AvgIpc) is 1.63. The lowest BCUT2D eigenvalue weighted by Gasteiger charge is -2.05. The van der Waals surface area contributed by atoms with Gasteiger partial charge in [-0.1, -0.05) is 29.8 Å². The number of hydrogen-bond acceptors (Lipinski definition) is 2. The predicted molar refractivity (Wildman–Crippen MR) is 36.6 cm³/mol.